The third kappa shape index (κ3) is 3.20. The van der Waals surface area contributed by atoms with E-state index in [0.29, 0.717) is 5.56 Å². The Morgan fingerprint density at radius 3 is 1.90 bits per heavy atom. The van der Waals surface area contributed by atoms with Crippen molar-refractivity contribution in [3.05, 3.63) is 34.9 Å². The summed E-state index contributed by atoms with van der Waals surface area (Å²) in [4.78, 5) is 0. The zero-order valence-electron chi connectivity index (χ0n) is 12.7. The monoisotopic (exact) mass is 282 g/mol. The molecule has 0 radical (unpaired) electrons. The lowest BCUT2D eigenvalue weighted by molar-refractivity contribution is -0.0857. The van der Waals surface area contributed by atoms with Gasteiger partial charge in [0.2, 0.25) is 0 Å². The molecule has 20 heavy (non-hydrogen) atoms. The Labute approximate surface area is 120 Å². The van der Waals surface area contributed by atoms with Gasteiger partial charge < -0.3 is 20.4 Å². The minimum Gasteiger partial charge on any atom is -0.395 e. The zero-order valence-corrected chi connectivity index (χ0v) is 12.7. The summed E-state index contributed by atoms with van der Waals surface area (Å²) in [5.41, 5.74) is 1.14. The maximum Gasteiger partial charge on any atom is 0.0915 e. The van der Waals surface area contributed by atoms with E-state index in [1.807, 2.05) is 39.8 Å². The van der Waals surface area contributed by atoms with E-state index in [2.05, 4.69) is 0 Å². The van der Waals surface area contributed by atoms with Gasteiger partial charge in [-0.2, -0.15) is 0 Å². The highest BCUT2D eigenvalue weighted by Gasteiger charge is 2.39. The van der Waals surface area contributed by atoms with Crippen LogP contribution >= 0.6 is 0 Å². The number of rotatable bonds is 5. The molecule has 0 amide bonds. The van der Waals surface area contributed by atoms with E-state index in [1.54, 1.807) is 6.07 Å². The zero-order chi connectivity index (χ0) is 15.6. The molecule has 0 bridgehead atoms. The van der Waals surface area contributed by atoms with Gasteiger partial charge in [-0.15, -0.1) is 0 Å². The van der Waals surface area contributed by atoms with Gasteiger partial charge in [-0.05, 0) is 23.5 Å². The average molecular weight is 282 g/mol. The first-order valence-corrected chi connectivity index (χ1v) is 6.83. The van der Waals surface area contributed by atoms with Crippen LogP contribution in [0.4, 0.5) is 0 Å². The third-order valence-corrected chi connectivity index (χ3v) is 3.84. The second kappa shape index (κ2) is 6.22. The summed E-state index contributed by atoms with van der Waals surface area (Å²) in [6.07, 6.45) is -1.13. The van der Waals surface area contributed by atoms with Crippen molar-refractivity contribution in [1.29, 1.82) is 0 Å². The van der Waals surface area contributed by atoms with E-state index in [4.69, 9.17) is 0 Å². The number of aliphatic hydroxyl groups excluding tert-OH is 4. The van der Waals surface area contributed by atoms with Gasteiger partial charge in [0, 0.05) is 0 Å². The van der Waals surface area contributed by atoms with Crippen molar-refractivity contribution >= 4 is 0 Å². The van der Waals surface area contributed by atoms with Gasteiger partial charge in [0.15, 0.2) is 0 Å². The summed E-state index contributed by atoms with van der Waals surface area (Å²) >= 11 is 0. The lowest BCUT2D eigenvalue weighted by atomic mass is 9.74. The summed E-state index contributed by atoms with van der Waals surface area (Å²) in [5, 5.41) is 39.0. The molecule has 0 saturated carbocycles. The van der Waals surface area contributed by atoms with Gasteiger partial charge in [-0.25, -0.2) is 0 Å². The normalized spacial score (nSPS) is 14.4. The second-order valence-electron chi connectivity index (χ2n) is 6.58. The fraction of sp³-hybridized carbons (Fsp3) is 0.625. The number of hydrogen-bond donors (Lipinski definition) is 4. The highest BCUT2D eigenvalue weighted by Crippen LogP contribution is 2.38. The number of aryl methyl sites for hydroxylation is 1. The van der Waals surface area contributed by atoms with Crippen molar-refractivity contribution in [1.82, 2.24) is 0 Å². The van der Waals surface area contributed by atoms with Crippen LogP contribution in [0.5, 0.6) is 0 Å². The summed E-state index contributed by atoms with van der Waals surface area (Å²) in [7, 11) is 0. The average Bonchev–Trinajstić information content (AvgIpc) is 2.40. The van der Waals surface area contributed by atoms with Crippen LogP contribution in [0.2, 0.25) is 0 Å². The molecule has 4 N–H and O–H groups in total. The van der Waals surface area contributed by atoms with E-state index in [9.17, 15) is 20.4 Å². The maximum atomic E-state index is 10.6. The lowest BCUT2D eigenvalue weighted by Gasteiger charge is -2.36. The topological polar surface area (TPSA) is 80.9 Å². The van der Waals surface area contributed by atoms with Crippen LogP contribution in [0, 0.1) is 12.3 Å². The van der Waals surface area contributed by atoms with E-state index in [1.165, 1.54) is 0 Å². The highest BCUT2D eigenvalue weighted by molar-refractivity contribution is 5.38. The van der Waals surface area contributed by atoms with Crippen LogP contribution in [0.25, 0.3) is 0 Å². The number of aliphatic hydroxyl groups is 4. The van der Waals surface area contributed by atoms with E-state index >= 15 is 0 Å². The predicted molar refractivity (Wildman–Crippen MR) is 78.5 cm³/mol. The molecule has 0 fully saturated rings. The summed E-state index contributed by atoms with van der Waals surface area (Å²) in [6, 6.07) is 5.68. The molecule has 0 spiro atoms. The van der Waals surface area contributed by atoms with Crippen molar-refractivity contribution in [3.8, 4) is 0 Å². The van der Waals surface area contributed by atoms with Crippen LogP contribution in [-0.2, 0) is 5.41 Å². The molecule has 0 aromatic heterocycles. The molecule has 0 aliphatic rings. The first-order chi connectivity index (χ1) is 9.21. The Bertz CT molecular complexity index is 436. The van der Waals surface area contributed by atoms with Gasteiger partial charge in [0.25, 0.3) is 0 Å². The molecule has 0 heterocycles. The summed E-state index contributed by atoms with van der Waals surface area (Å²) in [6.45, 7) is 6.63. The third-order valence-electron chi connectivity index (χ3n) is 3.84. The molecule has 1 rings (SSSR count). The molecule has 0 aliphatic heterocycles. The molecular weight excluding hydrogens is 256 g/mol. The molecule has 4 heteroatoms. The van der Waals surface area contributed by atoms with E-state index in [0.717, 1.165) is 11.1 Å². The van der Waals surface area contributed by atoms with Crippen LogP contribution in [0.15, 0.2) is 18.2 Å². The van der Waals surface area contributed by atoms with E-state index in [-0.39, 0.29) is 5.41 Å². The molecule has 1 aromatic rings. The van der Waals surface area contributed by atoms with Crippen LogP contribution in [-0.4, -0.2) is 40.2 Å². The molecule has 114 valence electrons. The van der Waals surface area contributed by atoms with Crippen molar-refractivity contribution in [2.45, 2.75) is 39.2 Å². The van der Waals surface area contributed by atoms with Crippen LogP contribution in [0.3, 0.4) is 0 Å². The smallest absolute Gasteiger partial charge is 0.0915 e. The van der Waals surface area contributed by atoms with Crippen LogP contribution < -0.4 is 0 Å². The Morgan fingerprint density at radius 1 is 1.00 bits per heavy atom. The fourth-order valence-electron chi connectivity index (χ4n) is 2.30. The van der Waals surface area contributed by atoms with Crippen molar-refractivity contribution in [3.63, 3.8) is 0 Å². The lowest BCUT2D eigenvalue weighted by Crippen LogP contribution is -2.41. The number of benzene rings is 1. The number of hydrogen-bond acceptors (Lipinski definition) is 4. The maximum absolute atomic E-state index is 10.6. The molecule has 4 nitrogen and oxygen atoms in total. The molecule has 0 aliphatic carbocycles. The fourth-order valence-corrected chi connectivity index (χ4v) is 2.30. The van der Waals surface area contributed by atoms with Gasteiger partial charge in [0.05, 0.1) is 31.3 Å². The Hall–Kier alpha value is -0.940. The largest absolute Gasteiger partial charge is 0.395 e. The first-order valence-electron chi connectivity index (χ1n) is 6.83. The van der Waals surface area contributed by atoms with Gasteiger partial charge >= 0.3 is 0 Å². The van der Waals surface area contributed by atoms with Crippen molar-refractivity contribution < 1.29 is 20.4 Å². The van der Waals surface area contributed by atoms with E-state index < -0.39 is 31.3 Å². The Balaban J connectivity index is 3.39. The van der Waals surface area contributed by atoms with Gasteiger partial charge in [-0.1, -0.05) is 44.5 Å². The highest BCUT2D eigenvalue weighted by atomic mass is 16.3. The standard InChI is InChI=1S/C16H26O4/c1-11-5-6-12(13(7-11)15(2,3)4)14(20)16(8-17,9-18)10-19/h5-7,14,17-20H,8-10H2,1-4H3. The second-order valence-corrected chi connectivity index (χ2v) is 6.58. The summed E-state index contributed by atoms with van der Waals surface area (Å²) in [5.74, 6) is 0. The predicted octanol–water partition coefficient (Wildman–Crippen LogP) is 1.29. The SMILES string of the molecule is Cc1ccc(C(O)C(CO)(CO)CO)c(C(C)(C)C)c1. The van der Waals surface area contributed by atoms with Gasteiger partial charge in [-0.3, -0.25) is 0 Å². The Kier molecular flexibility index (Phi) is 5.33. The minimum absolute atomic E-state index is 0.186. The summed E-state index contributed by atoms with van der Waals surface area (Å²) < 4.78 is 0. The Morgan fingerprint density at radius 2 is 1.50 bits per heavy atom. The first kappa shape index (κ1) is 17.1. The minimum atomic E-state index is -1.34. The van der Waals surface area contributed by atoms with Crippen molar-refractivity contribution in [2.24, 2.45) is 5.41 Å². The molecular formula is C16H26O4. The van der Waals surface area contributed by atoms with Crippen molar-refractivity contribution in [2.75, 3.05) is 19.8 Å². The molecule has 0 saturated heterocycles. The molecule has 1 unspecified atom stereocenters. The molecule has 1 aromatic carbocycles. The van der Waals surface area contributed by atoms with Crippen LogP contribution in [0.1, 0.15) is 43.6 Å². The molecule has 1 atom stereocenters. The quantitative estimate of drug-likeness (QED) is 0.656. The van der Waals surface area contributed by atoms with Gasteiger partial charge in [0.1, 0.15) is 0 Å².